The predicted octanol–water partition coefficient (Wildman–Crippen LogP) is 3.72. The normalized spacial score (nSPS) is 14.3. The van der Waals surface area contributed by atoms with E-state index in [1.165, 1.54) is 0 Å². The van der Waals surface area contributed by atoms with E-state index in [2.05, 4.69) is 0 Å². The van der Waals surface area contributed by atoms with E-state index in [0.29, 0.717) is 66.9 Å². The minimum Gasteiger partial charge on any atom is -0.456 e. The molecule has 0 N–H and O–H groups in total. The number of anilines is 2. The first-order valence-electron chi connectivity index (χ1n) is 21.6. The molecule has 11 aromatic rings. The average molecular weight is 840 g/mol. The summed E-state index contributed by atoms with van der Waals surface area (Å²) in [5, 5.41) is 4.98. The summed E-state index contributed by atoms with van der Waals surface area (Å²) >= 11 is 0. The van der Waals surface area contributed by atoms with Gasteiger partial charge in [0, 0.05) is 49.3 Å². The van der Waals surface area contributed by atoms with Crippen LogP contribution in [0.4, 0.5) is 11.4 Å². The van der Waals surface area contributed by atoms with Gasteiger partial charge in [-0.15, -0.1) is 0 Å². The van der Waals surface area contributed by atoms with E-state index in [1.54, 1.807) is 4.90 Å². The van der Waals surface area contributed by atoms with E-state index in [1.807, 2.05) is 127 Å². The highest BCUT2D eigenvalue weighted by Gasteiger charge is 2.37. The molecule has 15 heteroatoms. The van der Waals surface area contributed by atoms with E-state index in [9.17, 15) is 0 Å². The summed E-state index contributed by atoms with van der Waals surface area (Å²) in [6.45, 7) is 0. The third-order valence-corrected chi connectivity index (χ3v) is 13.5. The van der Waals surface area contributed by atoms with Crippen LogP contribution in [-0.2, 0) is 0 Å². The van der Waals surface area contributed by atoms with Crippen LogP contribution in [0.2, 0.25) is 0 Å². The summed E-state index contributed by atoms with van der Waals surface area (Å²) in [5.41, 5.74) is 7.77. The van der Waals surface area contributed by atoms with Crippen LogP contribution in [-0.4, -0.2) is 92.4 Å². The lowest BCUT2D eigenvalue weighted by Crippen LogP contribution is -2.54. The lowest BCUT2D eigenvalue weighted by molar-refractivity contribution is 0.668. The van der Waals surface area contributed by atoms with Gasteiger partial charge in [0.2, 0.25) is 0 Å². The highest BCUT2D eigenvalue weighted by molar-refractivity contribution is 6.66. The van der Waals surface area contributed by atoms with Crippen LogP contribution in [0.3, 0.4) is 0 Å². The minimum absolute atomic E-state index is 0.000817. The van der Waals surface area contributed by atoms with Crippen molar-refractivity contribution in [2.24, 2.45) is 0 Å². The number of hydrogen-bond donors (Lipinski definition) is 0. The van der Waals surface area contributed by atoms with Crippen molar-refractivity contribution >= 4 is 213 Å². The maximum atomic E-state index is 7.41. The van der Waals surface area contributed by atoms with Gasteiger partial charge in [-0.2, -0.15) is 0 Å². The second kappa shape index (κ2) is 15.6. The first kappa shape index (κ1) is 42.5. The Morgan fingerprint density at radius 1 is 0.338 bits per heavy atom. The first-order chi connectivity index (χ1) is 32.9. The SMILES string of the molecule is [B]C1=C([B])C(N(c2c([B])c([B])c(-c3cccc4c3oc3ccccc34)c([B])c2[B])c2c([B])c([B])c(-c3cccc4oc5ccccc5c34)c([B])c2[B])C([B])=C1c1cccc2oc3ccccc3c12. The average Bonchev–Trinajstić information content (AvgIpc) is 4.09. The molecule has 22 radical (unpaired) electrons. The van der Waals surface area contributed by atoms with Gasteiger partial charge in [-0.25, -0.2) is 0 Å². The second-order valence-electron chi connectivity index (χ2n) is 17.1. The van der Waals surface area contributed by atoms with E-state index >= 15 is 0 Å². The maximum Gasteiger partial charge on any atom is 0.143 e. The zero-order chi connectivity index (χ0) is 47.0. The Morgan fingerprint density at radius 3 is 1.28 bits per heavy atom. The fourth-order valence-electron chi connectivity index (χ4n) is 10.3. The van der Waals surface area contributed by atoms with E-state index < -0.39 is 6.04 Å². The molecule has 4 nitrogen and oxygen atoms in total. The molecule has 0 amide bonds. The number of fused-ring (bicyclic) bond motifs is 9. The van der Waals surface area contributed by atoms with E-state index in [0.717, 1.165) is 32.3 Å². The fraction of sp³-hybridized carbons (Fsp3) is 0.0189. The lowest BCUT2D eigenvalue weighted by atomic mass is 9.62. The fourth-order valence-corrected chi connectivity index (χ4v) is 10.3. The molecular formula is C53H22B11NO3. The first-order valence-corrected chi connectivity index (χ1v) is 21.6. The van der Waals surface area contributed by atoms with Crippen LogP contribution in [0.5, 0.6) is 0 Å². The van der Waals surface area contributed by atoms with E-state index in [-0.39, 0.29) is 71.5 Å². The smallest absolute Gasteiger partial charge is 0.143 e. The number of nitrogens with zero attached hydrogens (tertiary/aromatic N) is 1. The summed E-state index contributed by atoms with van der Waals surface area (Å²) in [6.07, 6.45) is 0. The Bertz CT molecular complexity index is 4030. The molecule has 1 aliphatic carbocycles. The molecule has 0 aliphatic heterocycles. The highest BCUT2D eigenvalue weighted by atomic mass is 16.3. The van der Waals surface area contributed by atoms with Gasteiger partial charge >= 0.3 is 0 Å². The van der Waals surface area contributed by atoms with Crippen molar-refractivity contribution in [1.82, 2.24) is 0 Å². The lowest BCUT2D eigenvalue weighted by Gasteiger charge is -2.42. The Balaban J connectivity index is 1.14. The largest absolute Gasteiger partial charge is 0.456 e. The van der Waals surface area contributed by atoms with E-state index in [4.69, 9.17) is 99.6 Å². The number of para-hydroxylation sites is 4. The number of hydrogen-bond acceptors (Lipinski definition) is 4. The number of benzene rings is 8. The topological polar surface area (TPSA) is 42.7 Å². The Morgan fingerprint density at radius 2 is 0.735 bits per heavy atom. The van der Waals surface area contributed by atoms with Crippen LogP contribution in [0.25, 0.3) is 93.6 Å². The molecule has 3 aromatic heterocycles. The summed E-state index contributed by atoms with van der Waals surface area (Å²) in [7, 11) is 79.5. The molecule has 1 atom stereocenters. The molecule has 290 valence electrons. The molecule has 0 saturated heterocycles. The highest BCUT2D eigenvalue weighted by Crippen LogP contribution is 2.45. The quantitative estimate of drug-likeness (QED) is 0.240. The summed E-state index contributed by atoms with van der Waals surface area (Å²) in [4.78, 5) is 1.59. The molecule has 0 fully saturated rings. The number of allylic oxidation sites excluding steroid dienone is 2. The van der Waals surface area contributed by atoms with Gasteiger partial charge in [-0.3, -0.25) is 0 Å². The van der Waals surface area contributed by atoms with Crippen molar-refractivity contribution in [3.63, 3.8) is 0 Å². The standard InChI is InChI=1S/C53H22B11NO3/c54-39-36(26-14-8-20-32-34(26)24-11-2-5-18-30(24)66-32)40(55)47(62)51(46(39)61)65(50-44(59)37(41(56)45(50)60)27-15-9-21-33-35(27)25-12-3-6-19-31(25)67-33)52-48(63)42(57)38(43(58)49(52)64)28-16-7-13-23-22-10-1-4-17-29(22)68-53(23)28/h1-21,50H. The summed E-state index contributed by atoms with van der Waals surface area (Å²) < 4.78 is 18.9. The Hall–Kier alpha value is -6.85. The summed E-state index contributed by atoms with van der Waals surface area (Å²) in [6, 6.07) is 38.8. The molecule has 8 aromatic carbocycles. The monoisotopic (exact) mass is 841 g/mol. The van der Waals surface area contributed by atoms with Crippen LogP contribution in [0, 0.1) is 0 Å². The van der Waals surface area contributed by atoms with Crippen molar-refractivity contribution in [1.29, 1.82) is 0 Å². The predicted molar refractivity (Wildman–Crippen MR) is 292 cm³/mol. The Labute approximate surface area is 406 Å². The van der Waals surface area contributed by atoms with Crippen molar-refractivity contribution in [2.75, 3.05) is 4.90 Å². The summed E-state index contributed by atoms with van der Waals surface area (Å²) in [5.74, 6) is 0. The molecule has 68 heavy (non-hydrogen) atoms. The van der Waals surface area contributed by atoms with Gasteiger partial charge in [0.1, 0.15) is 120 Å². The molecule has 1 aliphatic rings. The second-order valence-corrected chi connectivity index (χ2v) is 17.1. The zero-order valence-electron chi connectivity index (χ0n) is 36.2. The molecule has 1 unspecified atom stereocenters. The molecule has 0 spiro atoms. The van der Waals surface area contributed by atoms with Crippen molar-refractivity contribution in [3.05, 3.63) is 149 Å². The van der Waals surface area contributed by atoms with Crippen molar-refractivity contribution in [2.45, 2.75) is 6.04 Å². The van der Waals surface area contributed by atoms with Gasteiger partial charge in [-0.05, 0) is 58.2 Å². The van der Waals surface area contributed by atoms with Crippen LogP contribution < -0.4 is 48.6 Å². The maximum absolute atomic E-state index is 7.41. The molecule has 3 heterocycles. The third-order valence-electron chi connectivity index (χ3n) is 13.5. The van der Waals surface area contributed by atoms with Gasteiger partial charge in [0.25, 0.3) is 0 Å². The van der Waals surface area contributed by atoms with Gasteiger partial charge in [0.15, 0.2) is 0 Å². The van der Waals surface area contributed by atoms with Crippen LogP contribution in [0.15, 0.2) is 157 Å². The van der Waals surface area contributed by atoms with Crippen LogP contribution >= 0.6 is 0 Å². The number of rotatable bonds is 6. The van der Waals surface area contributed by atoms with Crippen molar-refractivity contribution in [3.8, 4) is 22.3 Å². The van der Waals surface area contributed by atoms with Crippen molar-refractivity contribution < 1.29 is 13.3 Å². The van der Waals surface area contributed by atoms with Crippen LogP contribution in [0.1, 0.15) is 5.56 Å². The molecule has 12 rings (SSSR count). The molecule has 0 saturated carbocycles. The zero-order valence-corrected chi connectivity index (χ0v) is 36.2. The molecular weight excluding hydrogens is 818 g/mol. The number of furan rings is 3. The third kappa shape index (κ3) is 5.90. The van der Waals surface area contributed by atoms with Gasteiger partial charge in [0.05, 0.1) is 6.04 Å². The van der Waals surface area contributed by atoms with Gasteiger partial charge < -0.3 is 18.2 Å². The van der Waals surface area contributed by atoms with Gasteiger partial charge in [-0.1, -0.05) is 157 Å². The minimum atomic E-state index is -1.18. The Kier molecular flexibility index (Phi) is 9.75. The molecule has 0 bridgehead atoms.